The van der Waals surface area contributed by atoms with E-state index in [0.29, 0.717) is 6.61 Å². The third-order valence-electron chi connectivity index (χ3n) is 7.25. The first-order valence-corrected chi connectivity index (χ1v) is 17.5. The SMILES string of the molecule is CCCCCCCCCCCCCCCCCCCCCCCCCCCCC=CO[PH](=O)OCC. The highest BCUT2D eigenvalue weighted by Crippen LogP contribution is 2.23. The first-order chi connectivity index (χ1) is 17.8. The van der Waals surface area contributed by atoms with E-state index >= 15 is 0 Å². The molecule has 216 valence electrons. The van der Waals surface area contributed by atoms with E-state index in [9.17, 15) is 4.57 Å². The third-order valence-corrected chi connectivity index (χ3v) is 8.10. The molecule has 4 heteroatoms. The summed E-state index contributed by atoms with van der Waals surface area (Å²) in [6.07, 6.45) is 41.6. The van der Waals surface area contributed by atoms with E-state index in [0.717, 1.165) is 6.42 Å². The van der Waals surface area contributed by atoms with Gasteiger partial charge in [0.05, 0.1) is 12.9 Å². The predicted octanol–water partition coefficient (Wildman–Crippen LogP) is 12.5. The fourth-order valence-corrected chi connectivity index (χ4v) is 5.41. The second-order valence-electron chi connectivity index (χ2n) is 10.8. The zero-order valence-electron chi connectivity index (χ0n) is 24.7. The largest absolute Gasteiger partial charge is 0.435 e. The van der Waals surface area contributed by atoms with Crippen molar-refractivity contribution in [1.29, 1.82) is 0 Å². The van der Waals surface area contributed by atoms with Gasteiger partial charge < -0.3 is 9.05 Å². The Kier molecular flexibility index (Phi) is 32.5. The van der Waals surface area contributed by atoms with Crippen LogP contribution < -0.4 is 0 Å². The van der Waals surface area contributed by atoms with Gasteiger partial charge in [-0.05, 0) is 25.8 Å². The molecule has 0 saturated carbocycles. The number of unbranched alkanes of at least 4 members (excludes halogenated alkanes) is 26. The Morgan fingerprint density at radius 3 is 1.08 bits per heavy atom. The van der Waals surface area contributed by atoms with Gasteiger partial charge in [-0.25, -0.2) is 4.57 Å². The van der Waals surface area contributed by atoms with E-state index in [1.54, 1.807) is 0 Å². The van der Waals surface area contributed by atoms with Crippen LogP contribution in [0.25, 0.3) is 0 Å². The second-order valence-corrected chi connectivity index (χ2v) is 11.8. The van der Waals surface area contributed by atoms with Crippen molar-refractivity contribution >= 4 is 8.25 Å². The van der Waals surface area contributed by atoms with E-state index in [2.05, 4.69) is 6.92 Å². The van der Waals surface area contributed by atoms with Crippen LogP contribution in [0.15, 0.2) is 12.3 Å². The first kappa shape index (κ1) is 35.7. The minimum absolute atomic E-state index is 0.436. The minimum Gasteiger partial charge on any atom is -0.435 e. The van der Waals surface area contributed by atoms with Gasteiger partial charge in [0.15, 0.2) is 0 Å². The van der Waals surface area contributed by atoms with Crippen LogP contribution >= 0.6 is 8.25 Å². The predicted molar refractivity (Wildman–Crippen MR) is 161 cm³/mol. The Morgan fingerprint density at radius 2 is 0.778 bits per heavy atom. The normalized spacial score (nSPS) is 12.5. The molecule has 0 radical (unpaired) electrons. The first-order valence-electron chi connectivity index (χ1n) is 16.3. The van der Waals surface area contributed by atoms with E-state index in [1.807, 2.05) is 13.0 Å². The van der Waals surface area contributed by atoms with Crippen molar-refractivity contribution in [3.05, 3.63) is 12.3 Å². The van der Waals surface area contributed by atoms with E-state index in [-0.39, 0.29) is 0 Å². The second kappa shape index (κ2) is 32.8. The summed E-state index contributed by atoms with van der Waals surface area (Å²) in [4.78, 5) is 0. The molecule has 0 saturated heterocycles. The number of allylic oxidation sites excluding steroid dienone is 1. The lowest BCUT2D eigenvalue weighted by Crippen LogP contribution is -1.84. The summed E-state index contributed by atoms with van der Waals surface area (Å²) >= 11 is 0. The minimum atomic E-state index is -2.31. The smallest absolute Gasteiger partial charge is 0.367 e. The highest BCUT2D eigenvalue weighted by atomic mass is 31.1. The molecule has 0 aliphatic heterocycles. The average molecular weight is 529 g/mol. The van der Waals surface area contributed by atoms with Crippen molar-refractivity contribution < 1.29 is 13.6 Å². The highest BCUT2D eigenvalue weighted by Gasteiger charge is 1.97. The van der Waals surface area contributed by atoms with Crippen molar-refractivity contribution in [3.63, 3.8) is 0 Å². The molecule has 0 spiro atoms. The van der Waals surface area contributed by atoms with E-state index in [4.69, 9.17) is 9.05 Å². The quantitative estimate of drug-likeness (QED) is 0.0510. The molecule has 0 heterocycles. The van der Waals surface area contributed by atoms with Gasteiger partial charge in [0, 0.05) is 0 Å². The van der Waals surface area contributed by atoms with Crippen LogP contribution in [-0.4, -0.2) is 6.61 Å². The molecule has 0 amide bonds. The molecular weight excluding hydrogens is 463 g/mol. The van der Waals surface area contributed by atoms with Crippen molar-refractivity contribution in [2.75, 3.05) is 6.61 Å². The van der Waals surface area contributed by atoms with Gasteiger partial charge in [-0.3, -0.25) is 0 Å². The Morgan fingerprint density at radius 1 is 0.472 bits per heavy atom. The summed E-state index contributed by atoms with van der Waals surface area (Å²) in [5.74, 6) is 0. The molecule has 0 aliphatic rings. The Hall–Kier alpha value is -0.270. The van der Waals surface area contributed by atoms with Crippen LogP contribution in [0.1, 0.15) is 187 Å². The molecular formula is C32H65O3P. The number of rotatable bonds is 31. The molecule has 3 nitrogen and oxygen atoms in total. The summed E-state index contributed by atoms with van der Waals surface area (Å²) in [6, 6.07) is 0. The summed E-state index contributed by atoms with van der Waals surface area (Å²) in [5.41, 5.74) is 0. The van der Waals surface area contributed by atoms with Gasteiger partial charge in [-0.2, -0.15) is 0 Å². The summed E-state index contributed by atoms with van der Waals surface area (Å²) in [7, 11) is -2.31. The van der Waals surface area contributed by atoms with E-state index in [1.165, 1.54) is 173 Å². The molecule has 0 aromatic heterocycles. The summed E-state index contributed by atoms with van der Waals surface area (Å²) in [5, 5.41) is 0. The zero-order chi connectivity index (χ0) is 26.2. The Bertz CT molecular complexity index is 453. The lowest BCUT2D eigenvalue weighted by molar-refractivity contribution is 0.285. The third kappa shape index (κ3) is 31.8. The molecule has 0 fully saturated rings. The van der Waals surface area contributed by atoms with Gasteiger partial charge >= 0.3 is 8.25 Å². The Balaban J connectivity index is 3.08. The molecule has 0 aromatic rings. The maximum atomic E-state index is 11.2. The fraction of sp³-hybridized carbons (Fsp3) is 0.938. The van der Waals surface area contributed by atoms with Gasteiger partial charge in [-0.1, -0.05) is 167 Å². The summed E-state index contributed by atoms with van der Waals surface area (Å²) < 4.78 is 21.0. The zero-order valence-corrected chi connectivity index (χ0v) is 25.7. The van der Waals surface area contributed by atoms with Crippen LogP contribution in [0, 0.1) is 0 Å². The van der Waals surface area contributed by atoms with Crippen molar-refractivity contribution in [3.8, 4) is 0 Å². The van der Waals surface area contributed by atoms with Crippen molar-refractivity contribution in [2.45, 2.75) is 187 Å². The molecule has 0 aromatic carbocycles. The highest BCUT2D eigenvalue weighted by molar-refractivity contribution is 7.33. The summed E-state index contributed by atoms with van der Waals surface area (Å²) in [6.45, 7) is 4.55. The average Bonchev–Trinajstić information content (AvgIpc) is 2.88. The van der Waals surface area contributed by atoms with Crippen molar-refractivity contribution in [1.82, 2.24) is 0 Å². The Labute approximate surface area is 227 Å². The van der Waals surface area contributed by atoms with Crippen LogP contribution in [-0.2, 0) is 13.6 Å². The molecule has 1 unspecified atom stereocenters. The fourth-order valence-electron chi connectivity index (χ4n) is 4.90. The molecule has 0 N–H and O–H groups in total. The topological polar surface area (TPSA) is 35.5 Å². The van der Waals surface area contributed by atoms with Gasteiger partial charge in [0.2, 0.25) is 0 Å². The molecule has 0 aliphatic carbocycles. The van der Waals surface area contributed by atoms with Gasteiger partial charge in [0.1, 0.15) is 0 Å². The lowest BCUT2D eigenvalue weighted by atomic mass is 10.0. The standard InChI is InChI=1S/C32H65O3P/c1-3-5-6-7-8-9-10-11-12-13-14-15-16-17-18-19-20-21-22-23-24-25-26-27-28-29-30-31-32-35-36(33)34-4-2/h31-32,36H,3-30H2,1-2H3. The molecule has 1 atom stereocenters. The van der Waals surface area contributed by atoms with Crippen LogP contribution in [0.4, 0.5) is 0 Å². The maximum Gasteiger partial charge on any atom is 0.367 e. The number of hydrogen-bond donors (Lipinski definition) is 0. The monoisotopic (exact) mass is 528 g/mol. The van der Waals surface area contributed by atoms with E-state index < -0.39 is 8.25 Å². The lowest BCUT2D eigenvalue weighted by Gasteiger charge is -2.04. The molecule has 0 bridgehead atoms. The van der Waals surface area contributed by atoms with Gasteiger partial charge in [-0.15, -0.1) is 0 Å². The number of hydrogen-bond acceptors (Lipinski definition) is 3. The molecule has 0 rings (SSSR count). The molecule has 36 heavy (non-hydrogen) atoms. The van der Waals surface area contributed by atoms with Crippen LogP contribution in [0.3, 0.4) is 0 Å². The van der Waals surface area contributed by atoms with Gasteiger partial charge in [0.25, 0.3) is 0 Å². The van der Waals surface area contributed by atoms with Crippen LogP contribution in [0.5, 0.6) is 0 Å². The van der Waals surface area contributed by atoms with Crippen LogP contribution in [0.2, 0.25) is 0 Å². The maximum absolute atomic E-state index is 11.2. The van der Waals surface area contributed by atoms with Crippen molar-refractivity contribution in [2.24, 2.45) is 0 Å².